The largest absolute Gasteiger partial charge is 0.322 e. The van der Waals surface area contributed by atoms with E-state index in [4.69, 9.17) is 5.73 Å². The predicted molar refractivity (Wildman–Crippen MR) is 67.2 cm³/mol. The van der Waals surface area contributed by atoms with Crippen LogP contribution in [-0.2, 0) is 4.79 Å². The van der Waals surface area contributed by atoms with E-state index in [1.165, 1.54) is 6.07 Å². The fourth-order valence-corrected chi connectivity index (χ4v) is 1.56. The highest BCUT2D eigenvalue weighted by molar-refractivity contribution is 5.94. The number of anilines is 1. The normalized spacial score (nSPS) is 12.6. The quantitative estimate of drug-likeness (QED) is 0.846. The van der Waals surface area contributed by atoms with Crippen molar-refractivity contribution >= 4 is 11.6 Å². The summed E-state index contributed by atoms with van der Waals surface area (Å²) in [6, 6.07) is 4.07. The van der Waals surface area contributed by atoms with Gasteiger partial charge in [0.2, 0.25) is 5.91 Å². The van der Waals surface area contributed by atoms with Crippen LogP contribution in [0.4, 0.5) is 10.1 Å². The van der Waals surface area contributed by atoms with Crippen LogP contribution in [0.1, 0.15) is 25.8 Å². The summed E-state index contributed by atoms with van der Waals surface area (Å²) in [5.41, 5.74) is 6.70. The maximum atomic E-state index is 13.5. The van der Waals surface area contributed by atoms with Gasteiger partial charge < -0.3 is 11.1 Å². The van der Waals surface area contributed by atoms with Crippen molar-refractivity contribution in [3.05, 3.63) is 29.6 Å². The molecule has 3 nitrogen and oxygen atoms in total. The summed E-state index contributed by atoms with van der Waals surface area (Å²) >= 11 is 0. The molecule has 0 heterocycles. The molecule has 94 valence electrons. The molecule has 3 N–H and O–H groups in total. The molecule has 17 heavy (non-hydrogen) atoms. The van der Waals surface area contributed by atoms with E-state index in [1.54, 1.807) is 19.1 Å². The highest BCUT2D eigenvalue weighted by atomic mass is 19.1. The Bertz CT molecular complexity index is 404. The van der Waals surface area contributed by atoms with Crippen LogP contribution in [0.25, 0.3) is 0 Å². The van der Waals surface area contributed by atoms with Gasteiger partial charge in [0.25, 0.3) is 0 Å². The van der Waals surface area contributed by atoms with Gasteiger partial charge in [0, 0.05) is 0 Å². The lowest BCUT2D eigenvalue weighted by molar-refractivity contribution is -0.117. The van der Waals surface area contributed by atoms with Crippen LogP contribution in [-0.4, -0.2) is 11.9 Å². The van der Waals surface area contributed by atoms with Gasteiger partial charge in [0.15, 0.2) is 0 Å². The number of benzene rings is 1. The molecule has 0 bridgehead atoms. The van der Waals surface area contributed by atoms with Crippen LogP contribution in [0.3, 0.4) is 0 Å². The molecular weight excluding hydrogens is 219 g/mol. The van der Waals surface area contributed by atoms with Gasteiger partial charge in [-0.3, -0.25) is 4.79 Å². The molecule has 1 aromatic rings. The Kier molecular flexibility index (Phi) is 4.63. The number of halogens is 1. The number of nitrogens with two attached hydrogens (primary N) is 1. The number of amides is 1. The first kappa shape index (κ1) is 13.6. The van der Waals surface area contributed by atoms with E-state index in [0.29, 0.717) is 12.3 Å². The Hall–Kier alpha value is -1.42. The van der Waals surface area contributed by atoms with Crippen LogP contribution in [0.5, 0.6) is 0 Å². The second-order valence-electron chi connectivity index (χ2n) is 4.71. The number of nitrogens with one attached hydrogen (secondary N) is 1. The minimum Gasteiger partial charge on any atom is -0.322 e. The minimum absolute atomic E-state index is 0.180. The van der Waals surface area contributed by atoms with E-state index in [-0.39, 0.29) is 11.6 Å². The highest BCUT2D eigenvalue weighted by Crippen LogP contribution is 2.16. The van der Waals surface area contributed by atoms with Crippen molar-refractivity contribution < 1.29 is 9.18 Å². The molecular formula is C13H19FN2O. The molecule has 0 saturated carbocycles. The van der Waals surface area contributed by atoms with E-state index < -0.39 is 11.9 Å². The van der Waals surface area contributed by atoms with Crippen LogP contribution in [0.15, 0.2) is 18.2 Å². The first-order valence-electron chi connectivity index (χ1n) is 5.72. The smallest absolute Gasteiger partial charge is 0.241 e. The molecule has 0 spiro atoms. The first-order valence-corrected chi connectivity index (χ1v) is 5.72. The molecule has 0 aliphatic rings. The Morgan fingerprint density at radius 2 is 2.12 bits per heavy atom. The molecule has 0 radical (unpaired) electrons. The Labute approximate surface area is 101 Å². The fraction of sp³-hybridized carbons (Fsp3) is 0.462. The summed E-state index contributed by atoms with van der Waals surface area (Å²) in [6.07, 6.45) is 0.583. The van der Waals surface area contributed by atoms with Gasteiger partial charge in [-0.05, 0) is 37.0 Å². The summed E-state index contributed by atoms with van der Waals surface area (Å²) in [5, 5.41) is 2.50. The molecule has 1 rings (SSSR count). The predicted octanol–water partition coefficient (Wildman–Crippen LogP) is 2.45. The topological polar surface area (TPSA) is 55.1 Å². The third-order valence-corrected chi connectivity index (χ3v) is 2.44. The number of rotatable bonds is 4. The summed E-state index contributed by atoms with van der Waals surface area (Å²) < 4.78 is 13.5. The third kappa shape index (κ3) is 4.15. The molecule has 1 atom stereocenters. The molecule has 1 amide bonds. The Morgan fingerprint density at radius 3 is 2.65 bits per heavy atom. The molecule has 0 unspecified atom stereocenters. The average Bonchev–Trinajstić information content (AvgIpc) is 2.21. The number of aryl methyl sites for hydroxylation is 1. The van der Waals surface area contributed by atoms with Crippen molar-refractivity contribution in [1.29, 1.82) is 0 Å². The fourth-order valence-electron chi connectivity index (χ4n) is 1.56. The van der Waals surface area contributed by atoms with E-state index >= 15 is 0 Å². The molecule has 4 heteroatoms. The summed E-state index contributed by atoms with van der Waals surface area (Å²) in [7, 11) is 0. The molecule has 0 aromatic heterocycles. The molecule has 0 aliphatic heterocycles. The van der Waals surface area contributed by atoms with Gasteiger partial charge in [0.1, 0.15) is 5.82 Å². The van der Waals surface area contributed by atoms with E-state index in [2.05, 4.69) is 5.32 Å². The van der Waals surface area contributed by atoms with Gasteiger partial charge in [0.05, 0.1) is 11.7 Å². The Morgan fingerprint density at radius 1 is 1.47 bits per heavy atom. The minimum atomic E-state index is -0.601. The van der Waals surface area contributed by atoms with Crippen molar-refractivity contribution in [1.82, 2.24) is 0 Å². The van der Waals surface area contributed by atoms with Crippen molar-refractivity contribution in [2.75, 3.05) is 5.32 Å². The van der Waals surface area contributed by atoms with Crippen molar-refractivity contribution in [2.45, 2.75) is 33.2 Å². The zero-order valence-corrected chi connectivity index (χ0v) is 10.5. The SMILES string of the molecule is Cc1ccc(NC(=O)[C@H](N)CC(C)C)c(F)c1. The Balaban J connectivity index is 2.67. The van der Waals surface area contributed by atoms with E-state index in [1.807, 2.05) is 13.8 Å². The molecule has 1 aromatic carbocycles. The lowest BCUT2D eigenvalue weighted by atomic mass is 10.0. The zero-order valence-electron chi connectivity index (χ0n) is 10.5. The number of hydrogen-bond acceptors (Lipinski definition) is 2. The van der Waals surface area contributed by atoms with Gasteiger partial charge in [-0.25, -0.2) is 4.39 Å². The summed E-state index contributed by atoms with van der Waals surface area (Å²) in [5.74, 6) is -0.449. The molecule has 0 aliphatic carbocycles. The lowest BCUT2D eigenvalue weighted by Gasteiger charge is -2.14. The van der Waals surface area contributed by atoms with Crippen molar-refractivity contribution in [2.24, 2.45) is 11.7 Å². The van der Waals surface area contributed by atoms with Crippen LogP contribution < -0.4 is 11.1 Å². The maximum absolute atomic E-state index is 13.5. The molecule has 0 fully saturated rings. The number of carbonyl (C=O) groups is 1. The van der Waals surface area contributed by atoms with Crippen molar-refractivity contribution in [3.8, 4) is 0 Å². The molecule has 0 saturated heterocycles. The zero-order chi connectivity index (χ0) is 13.0. The average molecular weight is 238 g/mol. The second-order valence-corrected chi connectivity index (χ2v) is 4.71. The lowest BCUT2D eigenvalue weighted by Crippen LogP contribution is -2.36. The summed E-state index contributed by atoms with van der Waals surface area (Å²) in [4.78, 5) is 11.7. The monoisotopic (exact) mass is 238 g/mol. The number of hydrogen-bond donors (Lipinski definition) is 2. The van der Waals surface area contributed by atoms with Gasteiger partial charge in [-0.15, -0.1) is 0 Å². The van der Waals surface area contributed by atoms with Crippen molar-refractivity contribution in [3.63, 3.8) is 0 Å². The second kappa shape index (κ2) is 5.77. The number of carbonyl (C=O) groups excluding carboxylic acids is 1. The van der Waals surface area contributed by atoms with Gasteiger partial charge >= 0.3 is 0 Å². The first-order chi connectivity index (χ1) is 7.90. The standard InChI is InChI=1S/C13H19FN2O/c1-8(2)6-11(15)13(17)16-12-5-4-9(3)7-10(12)14/h4-5,7-8,11H,6,15H2,1-3H3,(H,16,17)/t11-/m1/s1. The van der Waals surface area contributed by atoms with Crippen LogP contribution >= 0.6 is 0 Å². The van der Waals surface area contributed by atoms with Crippen LogP contribution in [0.2, 0.25) is 0 Å². The highest BCUT2D eigenvalue weighted by Gasteiger charge is 2.16. The van der Waals surface area contributed by atoms with E-state index in [0.717, 1.165) is 5.56 Å². The third-order valence-electron chi connectivity index (χ3n) is 2.44. The van der Waals surface area contributed by atoms with E-state index in [9.17, 15) is 9.18 Å². The summed E-state index contributed by atoms with van der Waals surface area (Å²) in [6.45, 7) is 5.76. The van der Waals surface area contributed by atoms with Gasteiger partial charge in [-0.1, -0.05) is 19.9 Å². The maximum Gasteiger partial charge on any atom is 0.241 e. The van der Waals surface area contributed by atoms with Crippen LogP contribution in [0, 0.1) is 18.7 Å². The van der Waals surface area contributed by atoms with Gasteiger partial charge in [-0.2, -0.15) is 0 Å².